The maximum absolute atomic E-state index is 12.7. The summed E-state index contributed by atoms with van der Waals surface area (Å²) in [7, 11) is 0. The number of aromatic hydroxyl groups is 1. The minimum atomic E-state index is -0.190. The molecule has 3 rings (SSSR count). The SMILES string of the molecule is O=C(NCCNc1ncccn1)N(Cc1ccccc1O)CC1CCCO1. The number of anilines is 1. The Labute approximate surface area is 158 Å². The number of phenolic OH excluding ortho intramolecular Hbond substituents is 1. The first kappa shape index (κ1) is 18.9. The number of benzene rings is 1. The van der Waals surface area contributed by atoms with Gasteiger partial charge in [0.25, 0.3) is 0 Å². The number of ether oxygens (including phenoxy) is 1. The van der Waals surface area contributed by atoms with E-state index in [-0.39, 0.29) is 17.9 Å². The average molecular weight is 371 g/mol. The third-order valence-corrected chi connectivity index (χ3v) is 4.34. The van der Waals surface area contributed by atoms with Crippen LogP contribution in [0, 0.1) is 0 Å². The molecule has 27 heavy (non-hydrogen) atoms. The van der Waals surface area contributed by atoms with Gasteiger partial charge in [-0.2, -0.15) is 0 Å². The van der Waals surface area contributed by atoms with Crippen molar-refractivity contribution in [1.29, 1.82) is 0 Å². The topological polar surface area (TPSA) is 99.6 Å². The van der Waals surface area contributed by atoms with Crippen LogP contribution in [0.2, 0.25) is 0 Å². The van der Waals surface area contributed by atoms with Crippen molar-refractivity contribution in [3.05, 3.63) is 48.3 Å². The molecule has 3 N–H and O–H groups in total. The number of nitrogens with zero attached hydrogens (tertiary/aromatic N) is 3. The molecule has 8 heteroatoms. The summed E-state index contributed by atoms with van der Waals surface area (Å²) in [6.07, 6.45) is 5.31. The summed E-state index contributed by atoms with van der Waals surface area (Å²) in [5.74, 6) is 0.711. The molecule has 0 saturated carbocycles. The van der Waals surface area contributed by atoms with Crippen LogP contribution in [-0.4, -0.2) is 58.4 Å². The van der Waals surface area contributed by atoms with Crippen LogP contribution in [0.4, 0.5) is 10.7 Å². The zero-order chi connectivity index (χ0) is 18.9. The molecule has 2 aromatic rings. The Bertz CT molecular complexity index is 722. The molecule has 8 nitrogen and oxygen atoms in total. The zero-order valence-electron chi connectivity index (χ0n) is 15.2. The number of carbonyl (C=O) groups excluding carboxylic acids is 1. The van der Waals surface area contributed by atoms with Gasteiger partial charge in [-0.3, -0.25) is 0 Å². The smallest absolute Gasteiger partial charge is 0.317 e. The van der Waals surface area contributed by atoms with E-state index in [1.807, 2.05) is 12.1 Å². The number of urea groups is 1. The molecule has 2 heterocycles. The predicted octanol–water partition coefficient (Wildman–Crippen LogP) is 1.98. The lowest BCUT2D eigenvalue weighted by Crippen LogP contribution is -2.44. The van der Waals surface area contributed by atoms with Crippen molar-refractivity contribution in [2.75, 3.05) is 31.6 Å². The Kier molecular flexibility index (Phi) is 6.81. The first-order valence-electron chi connectivity index (χ1n) is 9.14. The molecule has 1 unspecified atom stereocenters. The van der Waals surface area contributed by atoms with E-state index < -0.39 is 0 Å². The molecule has 1 aliphatic rings. The van der Waals surface area contributed by atoms with Crippen LogP contribution in [0.1, 0.15) is 18.4 Å². The Morgan fingerprint density at radius 2 is 2.04 bits per heavy atom. The summed E-state index contributed by atoms with van der Waals surface area (Å²) in [6.45, 7) is 2.50. The first-order chi connectivity index (χ1) is 13.2. The summed E-state index contributed by atoms with van der Waals surface area (Å²) in [5, 5.41) is 16.0. The van der Waals surface area contributed by atoms with Gasteiger partial charge in [0.2, 0.25) is 5.95 Å². The van der Waals surface area contributed by atoms with E-state index >= 15 is 0 Å². The third-order valence-electron chi connectivity index (χ3n) is 4.34. The highest BCUT2D eigenvalue weighted by Crippen LogP contribution is 2.20. The lowest BCUT2D eigenvalue weighted by molar-refractivity contribution is 0.0794. The summed E-state index contributed by atoms with van der Waals surface area (Å²) >= 11 is 0. The van der Waals surface area contributed by atoms with Gasteiger partial charge in [0.05, 0.1) is 12.6 Å². The molecule has 1 aromatic carbocycles. The normalized spacial score (nSPS) is 16.1. The molecular formula is C19H25N5O3. The van der Waals surface area contributed by atoms with Crippen LogP contribution < -0.4 is 10.6 Å². The number of para-hydroxylation sites is 1. The van der Waals surface area contributed by atoms with Gasteiger partial charge in [-0.05, 0) is 25.0 Å². The van der Waals surface area contributed by atoms with Crippen molar-refractivity contribution in [3.63, 3.8) is 0 Å². The maximum atomic E-state index is 12.7. The molecular weight excluding hydrogens is 346 g/mol. The lowest BCUT2D eigenvalue weighted by Gasteiger charge is -2.26. The second-order valence-corrected chi connectivity index (χ2v) is 6.38. The van der Waals surface area contributed by atoms with Crippen molar-refractivity contribution < 1.29 is 14.6 Å². The van der Waals surface area contributed by atoms with Gasteiger partial charge in [0.1, 0.15) is 5.75 Å². The van der Waals surface area contributed by atoms with E-state index in [0.717, 1.165) is 19.4 Å². The Morgan fingerprint density at radius 3 is 2.78 bits per heavy atom. The number of carbonyl (C=O) groups is 1. The van der Waals surface area contributed by atoms with Gasteiger partial charge >= 0.3 is 6.03 Å². The number of hydrogen-bond donors (Lipinski definition) is 3. The molecule has 0 spiro atoms. The van der Waals surface area contributed by atoms with Gasteiger partial charge in [-0.25, -0.2) is 14.8 Å². The zero-order valence-corrected chi connectivity index (χ0v) is 15.2. The van der Waals surface area contributed by atoms with E-state index in [2.05, 4.69) is 20.6 Å². The van der Waals surface area contributed by atoms with Crippen molar-refractivity contribution in [2.24, 2.45) is 0 Å². The maximum Gasteiger partial charge on any atom is 0.317 e. The number of hydrogen-bond acceptors (Lipinski definition) is 6. The number of nitrogens with one attached hydrogen (secondary N) is 2. The fraction of sp³-hybridized carbons (Fsp3) is 0.421. The van der Waals surface area contributed by atoms with Crippen molar-refractivity contribution in [1.82, 2.24) is 20.2 Å². The summed E-state index contributed by atoms with van der Waals surface area (Å²) in [4.78, 5) is 22.5. The molecule has 0 aliphatic carbocycles. The van der Waals surface area contributed by atoms with E-state index in [9.17, 15) is 9.90 Å². The molecule has 2 amide bonds. The van der Waals surface area contributed by atoms with Gasteiger partial charge in [-0.1, -0.05) is 18.2 Å². The highest BCUT2D eigenvalue weighted by atomic mass is 16.5. The van der Waals surface area contributed by atoms with Gasteiger partial charge in [0, 0.05) is 44.2 Å². The molecule has 1 aliphatic heterocycles. The number of phenols is 1. The van der Waals surface area contributed by atoms with Crippen LogP contribution in [0.25, 0.3) is 0 Å². The van der Waals surface area contributed by atoms with Gasteiger partial charge in [0.15, 0.2) is 0 Å². The fourth-order valence-electron chi connectivity index (χ4n) is 2.95. The van der Waals surface area contributed by atoms with Gasteiger partial charge < -0.3 is 25.4 Å². The fourth-order valence-corrected chi connectivity index (χ4v) is 2.95. The first-order valence-corrected chi connectivity index (χ1v) is 9.14. The second kappa shape index (κ2) is 9.72. The minimum absolute atomic E-state index is 0.0393. The van der Waals surface area contributed by atoms with E-state index in [1.54, 1.807) is 35.5 Å². The second-order valence-electron chi connectivity index (χ2n) is 6.38. The standard InChI is InChI=1S/C19H25N5O3/c25-17-7-2-1-5-15(17)13-24(14-16-6-3-12-27-16)19(26)23-11-10-22-18-20-8-4-9-21-18/h1-2,4-5,7-9,16,25H,3,6,10-14H2,(H,23,26)(H,20,21,22). The Morgan fingerprint density at radius 1 is 1.22 bits per heavy atom. The third kappa shape index (κ3) is 5.82. The Balaban J connectivity index is 1.53. The van der Waals surface area contributed by atoms with Crippen molar-refractivity contribution in [3.8, 4) is 5.75 Å². The molecule has 1 fully saturated rings. The van der Waals surface area contributed by atoms with Crippen LogP contribution in [0.5, 0.6) is 5.75 Å². The summed E-state index contributed by atoms with van der Waals surface area (Å²) in [5.41, 5.74) is 0.710. The van der Waals surface area contributed by atoms with Crippen molar-refractivity contribution in [2.45, 2.75) is 25.5 Å². The largest absolute Gasteiger partial charge is 0.508 e. The van der Waals surface area contributed by atoms with Crippen LogP contribution in [0.3, 0.4) is 0 Å². The van der Waals surface area contributed by atoms with Crippen LogP contribution in [0.15, 0.2) is 42.7 Å². The molecule has 0 bridgehead atoms. The minimum Gasteiger partial charge on any atom is -0.508 e. The summed E-state index contributed by atoms with van der Waals surface area (Å²) < 4.78 is 5.67. The van der Waals surface area contributed by atoms with Crippen LogP contribution >= 0.6 is 0 Å². The molecule has 144 valence electrons. The van der Waals surface area contributed by atoms with E-state index in [1.165, 1.54) is 0 Å². The summed E-state index contributed by atoms with van der Waals surface area (Å²) in [6, 6.07) is 8.61. The number of amides is 2. The predicted molar refractivity (Wildman–Crippen MR) is 101 cm³/mol. The van der Waals surface area contributed by atoms with E-state index in [4.69, 9.17) is 4.74 Å². The number of aromatic nitrogens is 2. The quantitative estimate of drug-likeness (QED) is 0.614. The Hall–Kier alpha value is -2.87. The number of rotatable bonds is 8. The molecule has 0 radical (unpaired) electrons. The van der Waals surface area contributed by atoms with Crippen molar-refractivity contribution >= 4 is 12.0 Å². The molecule has 1 atom stereocenters. The molecule has 1 aromatic heterocycles. The molecule has 1 saturated heterocycles. The highest BCUT2D eigenvalue weighted by Gasteiger charge is 2.23. The monoisotopic (exact) mass is 371 g/mol. The van der Waals surface area contributed by atoms with E-state index in [0.29, 0.717) is 37.7 Å². The van der Waals surface area contributed by atoms with Crippen LogP contribution in [-0.2, 0) is 11.3 Å². The average Bonchev–Trinajstić information content (AvgIpc) is 3.20. The lowest BCUT2D eigenvalue weighted by atomic mass is 10.1. The van der Waals surface area contributed by atoms with Gasteiger partial charge in [-0.15, -0.1) is 0 Å². The highest BCUT2D eigenvalue weighted by molar-refractivity contribution is 5.74.